The molecule has 0 unspecified atom stereocenters. The molecule has 0 bridgehead atoms. The predicted molar refractivity (Wildman–Crippen MR) is 95.3 cm³/mol. The van der Waals surface area contributed by atoms with Gasteiger partial charge in [-0.15, -0.1) is 0 Å². The van der Waals surface area contributed by atoms with E-state index in [0.717, 1.165) is 12.0 Å². The molecule has 2 aromatic rings. The molecule has 1 aliphatic rings. The zero-order chi connectivity index (χ0) is 17.8. The number of halogens is 1. The Hall–Kier alpha value is -2.71. The Morgan fingerprint density at radius 2 is 2.08 bits per heavy atom. The van der Waals surface area contributed by atoms with Gasteiger partial charge in [-0.3, -0.25) is 4.79 Å². The highest BCUT2D eigenvalue weighted by Gasteiger charge is 2.18. The largest absolute Gasteiger partial charge is 0.489 e. The van der Waals surface area contributed by atoms with E-state index in [2.05, 4.69) is 6.07 Å². The van der Waals surface area contributed by atoms with Crippen LogP contribution in [0.5, 0.6) is 11.5 Å². The first-order chi connectivity index (χ1) is 12.1. The summed E-state index contributed by atoms with van der Waals surface area (Å²) < 4.78 is 11.3. The summed E-state index contributed by atoms with van der Waals surface area (Å²) in [5.74, 6) is 0.994. The highest BCUT2D eigenvalue weighted by atomic mass is 35.5. The first kappa shape index (κ1) is 17.1. The number of carbonyl (C=O) groups excluding carboxylic acids is 1. The molecule has 0 atom stereocenters. The Labute approximate surface area is 151 Å². The van der Waals surface area contributed by atoms with Crippen molar-refractivity contribution in [2.75, 3.05) is 25.2 Å². The van der Waals surface area contributed by atoms with Gasteiger partial charge in [0.15, 0.2) is 11.5 Å². The lowest BCUT2D eigenvalue weighted by molar-refractivity contribution is -0.117. The van der Waals surface area contributed by atoms with E-state index >= 15 is 0 Å². The Balaban J connectivity index is 1.79. The van der Waals surface area contributed by atoms with E-state index < -0.39 is 0 Å². The zero-order valence-electron chi connectivity index (χ0n) is 13.8. The topological polar surface area (TPSA) is 62.6 Å². The molecule has 3 rings (SSSR count). The molecule has 5 nitrogen and oxygen atoms in total. The van der Waals surface area contributed by atoms with Crippen LogP contribution in [0.15, 0.2) is 36.4 Å². The standard InChI is InChI=1S/C19H17ClN2O3/c1-22(15-5-2-4-13(8-15)12-21)18(23)11-14-9-16(20)19-17(10-14)24-6-3-7-25-19/h2,4-5,8-10H,3,6-7,11H2,1H3. The number of likely N-dealkylation sites (N-methyl/N-ethyl adjacent to an activating group) is 1. The second-order valence-electron chi connectivity index (χ2n) is 5.75. The summed E-state index contributed by atoms with van der Waals surface area (Å²) >= 11 is 6.27. The van der Waals surface area contributed by atoms with E-state index in [4.69, 9.17) is 26.3 Å². The van der Waals surface area contributed by atoms with Crippen molar-refractivity contribution in [2.45, 2.75) is 12.8 Å². The van der Waals surface area contributed by atoms with Crippen LogP contribution in [0.1, 0.15) is 17.5 Å². The molecule has 0 fully saturated rings. The van der Waals surface area contributed by atoms with Crippen molar-refractivity contribution >= 4 is 23.2 Å². The smallest absolute Gasteiger partial charge is 0.231 e. The molecular weight excluding hydrogens is 340 g/mol. The minimum Gasteiger partial charge on any atom is -0.489 e. The van der Waals surface area contributed by atoms with Gasteiger partial charge in [0.1, 0.15) is 0 Å². The molecule has 0 saturated heterocycles. The minimum absolute atomic E-state index is 0.111. The number of anilines is 1. The number of benzene rings is 2. The number of fused-ring (bicyclic) bond motifs is 1. The molecule has 0 aliphatic carbocycles. The summed E-state index contributed by atoms with van der Waals surface area (Å²) in [7, 11) is 1.68. The van der Waals surface area contributed by atoms with Crippen molar-refractivity contribution in [3.8, 4) is 17.6 Å². The van der Waals surface area contributed by atoms with Gasteiger partial charge in [-0.1, -0.05) is 17.7 Å². The molecular formula is C19H17ClN2O3. The minimum atomic E-state index is -0.111. The SMILES string of the molecule is CN(C(=O)Cc1cc(Cl)c2c(c1)OCCCO2)c1cccc(C#N)c1. The van der Waals surface area contributed by atoms with Crippen molar-refractivity contribution < 1.29 is 14.3 Å². The van der Waals surface area contributed by atoms with Crippen molar-refractivity contribution in [1.82, 2.24) is 0 Å². The third-order valence-electron chi connectivity index (χ3n) is 3.95. The van der Waals surface area contributed by atoms with Crippen LogP contribution in [-0.2, 0) is 11.2 Å². The lowest BCUT2D eigenvalue weighted by atomic mass is 10.1. The molecule has 25 heavy (non-hydrogen) atoms. The van der Waals surface area contributed by atoms with Gasteiger partial charge in [-0.2, -0.15) is 5.26 Å². The molecule has 128 valence electrons. The van der Waals surface area contributed by atoms with E-state index in [9.17, 15) is 4.79 Å². The molecule has 1 aliphatic heterocycles. The van der Waals surface area contributed by atoms with Crippen LogP contribution in [0, 0.1) is 11.3 Å². The fourth-order valence-electron chi connectivity index (χ4n) is 2.61. The summed E-state index contributed by atoms with van der Waals surface area (Å²) in [5, 5.41) is 9.43. The van der Waals surface area contributed by atoms with Gasteiger partial charge in [-0.05, 0) is 35.9 Å². The van der Waals surface area contributed by atoms with Crippen molar-refractivity contribution in [3.05, 3.63) is 52.5 Å². The van der Waals surface area contributed by atoms with E-state index in [1.165, 1.54) is 4.90 Å². The average molecular weight is 357 g/mol. The van der Waals surface area contributed by atoms with Crippen LogP contribution in [0.25, 0.3) is 0 Å². The fraction of sp³-hybridized carbons (Fsp3) is 0.263. The average Bonchev–Trinajstić information content (AvgIpc) is 2.87. The molecule has 0 radical (unpaired) electrons. The molecule has 1 heterocycles. The van der Waals surface area contributed by atoms with Crippen LogP contribution >= 0.6 is 11.6 Å². The second-order valence-corrected chi connectivity index (χ2v) is 6.15. The number of hydrogen-bond donors (Lipinski definition) is 0. The predicted octanol–water partition coefficient (Wildman–Crippen LogP) is 3.58. The first-order valence-electron chi connectivity index (χ1n) is 7.93. The van der Waals surface area contributed by atoms with E-state index in [0.29, 0.717) is 41.0 Å². The van der Waals surface area contributed by atoms with Crippen molar-refractivity contribution in [2.24, 2.45) is 0 Å². The summed E-state index contributed by atoms with van der Waals surface area (Å²) in [6.45, 7) is 1.12. The Morgan fingerprint density at radius 3 is 2.88 bits per heavy atom. The highest BCUT2D eigenvalue weighted by molar-refractivity contribution is 6.32. The lowest BCUT2D eigenvalue weighted by Crippen LogP contribution is -2.27. The number of hydrogen-bond acceptors (Lipinski definition) is 4. The summed E-state index contributed by atoms with van der Waals surface area (Å²) in [4.78, 5) is 14.1. The van der Waals surface area contributed by atoms with Crippen LogP contribution < -0.4 is 14.4 Å². The third kappa shape index (κ3) is 3.86. The van der Waals surface area contributed by atoms with Gasteiger partial charge in [0.25, 0.3) is 0 Å². The maximum absolute atomic E-state index is 12.6. The number of rotatable bonds is 3. The molecule has 0 saturated carbocycles. The molecule has 0 aromatic heterocycles. The van der Waals surface area contributed by atoms with Gasteiger partial charge >= 0.3 is 0 Å². The summed E-state index contributed by atoms with van der Waals surface area (Å²) in [6, 6.07) is 12.5. The van der Waals surface area contributed by atoms with E-state index in [-0.39, 0.29) is 12.3 Å². The van der Waals surface area contributed by atoms with E-state index in [1.54, 1.807) is 43.4 Å². The second kappa shape index (κ2) is 7.45. The molecule has 0 spiro atoms. The summed E-state index contributed by atoms with van der Waals surface area (Å²) in [6.07, 6.45) is 0.959. The van der Waals surface area contributed by atoms with E-state index in [1.807, 2.05) is 0 Å². The van der Waals surface area contributed by atoms with Gasteiger partial charge in [0.05, 0.1) is 36.3 Å². The number of carbonyl (C=O) groups is 1. The Kier molecular flexibility index (Phi) is 5.11. The quantitative estimate of drug-likeness (QED) is 0.843. The third-order valence-corrected chi connectivity index (χ3v) is 4.23. The van der Waals surface area contributed by atoms with Gasteiger partial charge in [0.2, 0.25) is 5.91 Å². The Bertz CT molecular complexity index is 845. The van der Waals surface area contributed by atoms with Gasteiger partial charge < -0.3 is 14.4 Å². The normalized spacial score (nSPS) is 12.8. The highest BCUT2D eigenvalue weighted by Crippen LogP contribution is 2.38. The van der Waals surface area contributed by atoms with Crippen LogP contribution in [-0.4, -0.2) is 26.2 Å². The first-order valence-corrected chi connectivity index (χ1v) is 8.31. The monoisotopic (exact) mass is 356 g/mol. The molecule has 2 aromatic carbocycles. The van der Waals surface area contributed by atoms with Crippen LogP contribution in [0.3, 0.4) is 0 Å². The summed E-state index contributed by atoms with van der Waals surface area (Å²) in [5.41, 5.74) is 1.93. The number of nitrogens with zero attached hydrogens (tertiary/aromatic N) is 2. The fourth-order valence-corrected chi connectivity index (χ4v) is 2.90. The number of nitriles is 1. The molecule has 6 heteroatoms. The number of ether oxygens (including phenoxy) is 2. The van der Waals surface area contributed by atoms with Crippen LogP contribution in [0.4, 0.5) is 5.69 Å². The maximum Gasteiger partial charge on any atom is 0.231 e. The lowest BCUT2D eigenvalue weighted by Gasteiger charge is -2.18. The van der Waals surface area contributed by atoms with Gasteiger partial charge in [-0.25, -0.2) is 0 Å². The maximum atomic E-state index is 12.6. The number of amides is 1. The van der Waals surface area contributed by atoms with Gasteiger partial charge in [0, 0.05) is 19.2 Å². The van der Waals surface area contributed by atoms with Crippen molar-refractivity contribution in [1.29, 1.82) is 5.26 Å². The molecule has 1 amide bonds. The Morgan fingerprint density at radius 1 is 1.28 bits per heavy atom. The zero-order valence-corrected chi connectivity index (χ0v) is 14.5. The van der Waals surface area contributed by atoms with Crippen LogP contribution in [0.2, 0.25) is 5.02 Å². The molecule has 0 N–H and O–H groups in total. The van der Waals surface area contributed by atoms with Crippen molar-refractivity contribution in [3.63, 3.8) is 0 Å².